The van der Waals surface area contributed by atoms with Gasteiger partial charge in [0.05, 0.1) is 0 Å². The van der Waals surface area contributed by atoms with Gasteiger partial charge in [0, 0.05) is 5.56 Å². The van der Waals surface area contributed by atoms with Crippen molar-refractivity contribution in [1.82, 2.24) is 4.98 Å². The molecule has 0 aliphatic heterocycles. The number of hydrogen-bond donors (Lipinski definition) is 0. The number of para-hydroxylation sites is 1. The van der Waals surface area contributed by atoms with E-state index in [1.165, 1.54) is 0 Å². The molecule has 0 aliphatic rings. The van der Waals surface area contributed by atoms with E-state index in [0.29, 0.717) is 23.1 Å². The predicted octanol–water partition coefficient (Wildman–Crippen LogP) is 4.39. The van der Waals surface area contributed by atoms with Crippen molar-refractivity contribution in [2.45, 2.75) is 27.4 Å². The van der Waals surface area contributed by atoms with E-state index in [4.69, 9.17) is 13.9 Å². The normalized spacial score (nSPS) is 10.6. The highest BCUT2D eigenvalue weighted by Gasteiger charge is 2.14. The molecule has 0 saturated carbocycles. The molecule has 1 heterocycles. The lowest BCUT2D eigenvalue weighted by Gasteiger charge is -2.11. The lowest BCUT2D eigenvalue weighted by molar-refractivity contribution is -0.147. The molecule has 0 saturated heterocycles. The molecular formula is C21H21NO4. The van der Waals surface area contributed by atoms with Crippen molar-refractivity contribution in [2.75, 3.05) is 6.61 Å². The molecule has 0 N–H and O–H groups in total. The summed E-state index contributed by atoms with van der Waals surface area (Å²) in [5.41, 5.74) is 3.45. The molecule has 0 spiro atoms. The van der Waals surface area contributed by atoms with Crippen LogP contribution in [0.2, 0.25) is 0 Å². The largest absolute Gasteiger partial charge is 0.481 e. The molecule has 3 rings (SSSR count). The van der Waals surface area contributed by atoms with Crippen molar-refractivity contribution in [3.63, 3.8) is 0 Å². The third kappa shape index (κ3) is 4.11. The van der Waals surface area contributed by atoms with Crippen LogP contribution in [0.3, 0.4) is 0 Å². The summed E-state index contributed by atoms with van der Waals surface area (Å²) in [6.45, 7) is 5.59. The Morgan fingerprint density at radius 1 is 1.00 bits per heavy atom. The second kappa shape index (κ2) is 7.87. The summed E-state index contributed by atoms with van der Waals surface area (Å²) in [5.74, 6) is 1.41. The Hall–Kier alpha value is -3.08. The van der Waals surface area contributed by atoms with Crippen LogP contribution in [0.5, 0.6) is 5.75 Å². The quantitative estimate of drug-likeness (QED) is 0.616. The minimum atomic E-state index is -0.448. The van der Waals surface area contributed by atoms with Crippen molar-refractivity contribution in [2.24, 2.45) is 0 Å². The van der Waals surface area contributed by atoms with E-state index in [0.717, 1.165) is 16.7 Å². The van der Waals surface area contributed by atoms with Crippen molar-refractivity contribution < 1.29 is 18.7 Å². The van der Waals surface area contributed by atoms with Gasteiger partial charge in [0.1, 0.15) is 23.8 Å². The first kappa shape index (κ1) is 17.7. The third-order valence-electron chi connectivity index (χ3n) is 4.03. The van der Waals surface area contributed by atoms with E-state index in [1.807, 2.05) is 62.4 Å². The second-order valence-electron chi connectivity index (χ2n) is 6.06. The fraction of sp³-hybridized carbons (Fsp3) is 0.238. The van der Waals surface area contributed by atoms with E-state index in [-0.39, 0.29) is 13.2 Å². The molecule has 0 atom stereocenters. The van der Waals surface area contributed by atoms with E-state index in [2.05, 4.69) is 4.98 Å². The summed E-state index contributed by atoms with van der Waals surface area (Å²) in [5, 5.41) is 0. The zero-order valence-corrected chi connectivity index (χ0v) is 15.1. The number of aryl methyl sites for hydroxylation is 3. The van der Waals surface area contributed by atoms with Crippen LogP contribution in [0.1, 0.15) is 22.6 Å². The highest BCUT2D eigenvalue weighted by atomic mass is 16.6. The number of hydrogen-bond acceptors (Lipinski definition) is 5. The van der Waals surface area contributed by atoms with Gasteiger partial charge in [0.25, 0.3) is 0 Å². The molecule has 5 heteroatoms. The van der Waals surface area contributed by atoms with Crippen LogP contribution in [0.15, 0.2) is 52.9 Å². The fourth-order valence-electron chi connectivity index (χ4n) is 2.61. The predicted molar refractivity (Wildman–Crippen MR) is 97.9 cm³/mol. The fourth-order valence-corrected chi connectivity index (χ4v) is 2.61. The number of aromatic nitrogens is 1. The molecule has 0 radical (unpaired) electrons. The average molecular weight is 351 g/mol. The zero-order valence-electron chi connectivity index (χ0n) is 15.1. The first-order chi connectivity index (χ1) is 12.5. The van der Waals surface area contributed by atoms with Crippen LogP contribution >= 0.6 is 0 Å². The molecule has 3 aromatic rings. The van der Waals surface area contributed by atoms with Gasteiger partial charge < -0.3 is 13.9 Å². The summed E-state index contributed by atoms with van der Waals surface area (Å²) in [7, 11) is 0. The van der Waals surface area contributed by atoms with Gasteiger partial charge in [-0.15, -0.1) is 0 Å². The molecule has 0 bridgehead atoms. The van der Waals surface area contributed by atoms with Gasteiger partial charge in [-0.3, -0.25) is 0 Å². The average Bonchev–Trinajstić information content (AvgIpc) is 3.01. The van der Waals surface area contributed by atoms with Gasteiger partial charge in [-0.05, 0) is 44.0 Å². The molecule has 0 fully saturated rings. The van der Waals surface area contributed by atoms with Crippen LogP contribution in [0.4, 0.5) is 0 Å². The highest BCUT2D eigenvalue weighted by Crippen LogP contribution is 2.23. The molecule has 1 aromatic heterocycles. The van der Waals surface area contributed by atoms with Gasteiger partial charge in [-0.25, -0.2) is 9.78 Å². The first-order valence-electron chi connectivity index (χ1n) is 8.41. The molecule has 0 aliphatic carbocycles. The third-order valence-corrected chi connectivity index (χ3v) is 4.03. The molecular weight excluding hydrogens is 330 g/mol. The van der Waals surface area contributed by atoms with Gasteiger partial charge >= 0.3 is 5.97 Å². The van der Waals surface area contributed by atoms with Crippen LogP contribution in [0, 0.1) is 20.8 Å². The highest BCUT2D eigenvalue weighted by molar-refractivity contribution is 5.71. The smallest absolute Gasteiger partial charge is 0.344 e. The Balaban J connectivity index is 1.57. The van der Waals surface area contributed by atoms with Crippen LogP contribution in [0.25, 0.3) is 11.5 Å². The lowest BCUT2D eigenvalue weighted by atomic mass is 10.1. The van der Waals surface area contributed by atoms with E-state index < -0.39 is 5.97 Å². The maximum absolute atomic E-state index is 12.0. The number of nitrogens with zero attached hydrogens (tertiary/aromatic N) is 1. The number of benzene rings is 2. The van der Waals surface area contributed by atoms with Crippen molar-refractivity contribution in [3.05, 3.63) is 71.1 Å². The van der Waals surface area contributed by atoms with E-state index in [9.17, 15) is 4.79 Å². The number of carbonyl (C=O) groups excluding carboxylic acids is 1. The van der Waals surface area contributed by atoms with Crippen molar-refractivity contribution in [1.29, 1.82) is 0 Å². The summed E-state index contributed by atoms with van der Waals surface area (Å²) in [6, 6.07) is 15.4. The summed E-state index contributed by atoms with van der Waals surface area (Å²) < 4.78 is 16.5. The minimum Gasteiger partial charge on any atom is -0.481 e. The monoisotopic (exact) mass is 351 g/mol. The van der Waals surface area contributed by atoms with Gasteiger partial charge in [-0.1, -0.05) is 36.4 Å². The van der Waals surface area contributed by atoms with Gasteiger partial charge in [-0.2, -0.15) is 0 Å². The van der Waals surface area contributed by atoms with Crippen LogP contribution < -0.4 is 4.74 Å². The number of ether oxygens (including phenoxy) is 2. The Kier molecular flexibility index (Phi) is 5.37. The minimum absolute atomic E-state index is 0.0527. The topological polar surface area (TPSA) is 61.6 Å². The van der Waals surface area contributed by atoms with E-state index in [1.54, 1.807) is 6.92 Å². The number of carbonyl (C=O) groups is 1. The molecule has 5 nitrogen and oxygen atoms in total. The Labute approximate surface area is 152 Å². The van der Waals surface area contributed by atoms with Crippen molar-refractivity contribution in [3.8, 4) is 17.2 Å². The zero-order chi connectivity index (χ0) is 18.5. The van der Waals surface area contributed by atoms with E-state index >= 15 is 0 Å². The second-order valence-corrected chi connectivity index (χ2v) is 6.06. The van der Waals surface area contributed by atoms with Crippen LogP contribution in [-0.2, 0) is 16.1 Å². The maximum atomic E-state index is 12.0. The standard InChI is InChI=1S/C21H21NO4/c1-14-8-7-9-15(2)20(14)25-13-19(23)24-12-18-16(3)26-21(22-18)17-10-5-4-6-11-17/h4-11H,12-13H2,1-3H3. The maximum Gasteiger partial charge on any atom is 0.344 e. The first-order valence-corrected chi connectivity index (χ1v) is 8.41. The SMILES string of the molecule is Cc1cccc(C)c1OCC(=O)OCc1nc(-c2ccccc2)oc1C. The molecule has 2 aromatic carbocycles. The molecule has 26 heavy (non-hydrogen) atoms. The number of esters is 1. The Bertz CT molecular complexity index is 879. The number of oxazole rings is 1. The molecule has 0 amide bonds. The lowest BCUT2D eigenvalue weighted by Crippen LogP contribution is -2.16. The molecule has 0 unspecified atom stereocenters. The number of rotatable bonds is 6. The van der Waals surface area contributed by atoms with Gasteiger partial charge in [0.15, 0.2) is 6.61 Å². The summed E-state index contributed by atoms with van der Waals surface area (Å²) in [4.78, 5) is 16.4. The summed E-state index contributed by atoms with van der Waals surface area (Å²) >= 11 is 0. The van der Waals surface area contributed by atoms with Crippen LogP contribution in [-0.4, -0.2) is 17.6 Å². The Morgan fingerprint density at radius 3 is 2.38 bits per heavy atom. The molecule has 134 valence electrons. The Morgan fingerprint density at radius 2 is 1.69 bits per heavy atom. The van der Waals surface area contributed by atoms with Gasteiger partial charge in [0.2, 0.25) is 5.89 Å². The van der Waals surface area contributed by atoms with Crippen molar-refractivity contribution >= 4 is 5.97 Å². The summed E-state index contributed by atoms with van der Waals surface area (Å²) in [6.07, 6.45) is 0.